The lowest BCUT2D eigenvalue weighted by molar-refractivity contribution is -0.128. The highest BCUT2D eigenvalue weighted by Gasteiger charge is 2.36. The van der Waals surface area contributed by atoms with E-state index in [4.69, 9.17) is 4.74 Å². The zero-order chi connectivity index (χ0) is 12.5. The van der Waals surface area contributed by atoms with Crippen LogP contribution < -0.4 is 5.32 Å². The standard InChI is InChI=1S/C11H18N2O4/c1-13-5-8(4-9(13)14)10(15)12-6-11(16)2-3-17-7-11/h8,16H,2-7H2,1H3,(H,12,15). The van der Waals surface area contributed by atoms with E-state index < -0.39 is 5.60 Å². The maximum absolute atomic E-state index is 11.8. The third-order valence-corrected chi connectivity index (χ3v) is 3.39. The molecule has 0 bridgehead atoms. The van der Waals surface area contributed by atoms with E-state index in [-0.39, 0.29) is 37.3 Å². The maximum atomic E-state index is 11.8. The van der Waals surface area contributed by atoms with Crippen molar-refractivity contribution in [2.75, 3.05) is 33.4 Å². The van der Waals surface area contributed by atoms with Crippen molar-refractivity contribution < 1.29 is 19.4 Å². The molecule has 0 saturated carbocycles. The van der Waals surface area contributed by atoms with Gasteiger partial charge in [0.05, 0.1) is 12.5 Å². The Bertz CT molecular complexity index is 325. The molecule has 2 heterocycles. The van der Waals surface area contributed by atoms with Gasteiger partial charge in [0.15, 0.2) is 0 Å². The third kappa shape index (κ3) is 2.76. The lowest BCUT2D eigenvalue weighted by Crippen LogP contribution is -2.45. The van der Waals surface area contributed by atoms with Gasteiger partial charge in [-0.15, -0.1) is 0 Å². The van der Waals surface area contributed by atoms with E-state index in [1.54, 1.807) is 11.9 Å². The van der Waals surface area contributed by atoms with Crippen molar-refractivity contribution in [3.05, 3.63) is 0 Å². The minimum absolute atomic E-state index is 0.00642. The zero-order valence-electron chi connectivity index (χ0n) is 9.94. The predicted molar refractivity (Wildman–Crippen MR) is 59.1 cm³/mol. The number of carbonyl (C=O) groups excluding carboxylic acids is 2. The Morgan fingerprint density at radius 2 is 2.47 bits per heavy atom. The predicted octanol–water partition coefficient (Wildman–Crippen LogP) is -1.27. The zero-order valence-corrected chi connectivity index (χ0v) is 9.94. The van der Waals surface area contributed by atoms with Crippen LogP contribution in [-0.2, 0) is 14.3 Å². The monoisotopic (exact) mass is 242 g/mol. The Labute approximate surface area is 99.9 Å². The molecular weight excluding hydrogens is 224 g/mol. The van der Waals surface area contributed by atoms with Crippen molar-refractivity contribution in [1.82, 2.24) is 10.2 Å². The van der Waals surface area contributed by atoms with E-state index in [9.17, 15) is 14.7 Å². The molecule has 0 aromatic heterocycles. The largest absolute Gasteiger partial charge is 0.386 e. The van der Waals surface area contributed by atoms with Crippen molar-refractivity contribution in [2.24, 2.45) is 5.92 Å². The molecule has 0 aromatic rings. The van der Waals surface area contributed by atoms with Gasteiger partial charge in [0.1, 0.15) is 5.60 Å². The number of nitrogens with one attached hydrogen (secondary N) is 1. The highest BCUT2D eigenvalue weighted by atomic mass is 16.5. The van der Waals surface area contributed by atoms with E-state index in [0.717, 1.165) is 0 Å². The van der Waals surface area contributed by atoms with Crippen LogP contribution in [0.4, 0.5) is 0 Å². The first-order chi connectivity index (χ1) is 8.00. The molecule has 6 heteroatoms. The highest BCUT2D eigenvalue weighted by molar-refractivity contribution is 5.89. The summed E-state index contributed by atoms with van der Waals surface area (Å²) in [6, 6.07) is 0. The molecule has 2 saturated heterocycles. The molecule has 2 amide bonds. The van der Waals surface area contributed by atoms with Crippen LogP contribution in [0.5, 0.6) is 0 Å². The third-order valence-electron chi connectivity index (χ3n) is 3.39. The van der Waals surface area contributed by atoms with Crippen molar-refractivity contribution in [3.8, 4) is 0 Å². The van der Waals surface area contributed by atoms with Gasteiger partial charge in [-0.1, -0.05) is 0 Å². The molecule has 2 atom stereocenters. The molecule has 96 valence electrons. The van der Waals surface area contributed by atoms with E-state index in [1.807, 2.05) is 0 Å². The molecule has 6 nitrogen and oxygen atoms in total. The molecule has 2 unspecified atom stereocenters. The van der Waals surface area contributed by atoms with Gasteiger partial charge >= 0.3 is 0 Å². The minimum Gasteiger partial charge on any atom is -0.386 e. The number of nitrogens with zero attached hydrogens (tertiary/aromatic N) is 1. The van der Waals surface area contributed by atoms with Gasteiger partial charge in [0, 0.05) is 39.6 Å². The summed E-state index contributed by atoms with van der Waals surface area (Å²) >= 11 is 0. The van der Waals surface area contributed by atoms with Gasteiger partial charge in [-0.3, -0.25) is 9.59 Å². The van der Waals surface area contributed by atoms with E-state index in [2.05, 4.69) is 5.32 Å². The van der Waals surface area contributed by atoms with Crippen LogP contribution in [0, 0.1) is 5.92 Å². The normalized spacial score (nSPS) is 33.2. The smallest absolute Gasteiger partial charge is 0.225 e. The second-order valence-corrected chi connectivity index (χ2v) is 4.92. The Morgan fingerprint density at radius 1 is 1.71 bits per heavy atom. The molecule has 0 radical (unpaired) electrons. The Kier molecular flexibility index (Phi) is 3.35. The van der Waals surface area contributed by atoms with Crippen LogP contribution >= 0.6 is 0 Å². The van der Waals surface area contributed by atoms with Gasteiger partial charge < -0.3 is 20.1 Å². The van der Waals surface area contributed by atoms with Crippen molar-refractivity contribution in [1.29, 1.82) is 0 Å². The molecule has 2 N–H and O–H groups in total. The lowest BCUT2D eigenvalue weighted by atomic mass is 10.0. The molecule has 0 aliphatic carbocycles. The average molecular weight is 242 g/mol. The molecule has 2 aliphatic rings. The number of carbonyl (C=O) groups is 2. The van der Waals surface area contributed by atoms with Gasteiger partial charge in [-0.05, 0) is 0 Å². The summed E-state index contributed by atoms with van der Waals surface area (Å²) in [5, 5.41) is 12.7. The second-order valence-electron chi connectivity index (χ2n) is 4.92. The first kappa shape index (κ1) is 12.3. The van der Waals surface area contributed by atoms with Crippen molar-refractivity contribution >= 4 is 11.8 Å². The van der Waals surface area contributed by atoms with Crippen molar-refractivity contribution in [2.45, 2.75) is 18.4 Å². The van der Waals surface area contributed by atoms with Crippen LogP contribution in [0.1, 0.15) is 12.8 Å². The summed E-state index contributed by atoms with van der Waals surface area (Å²) in [6.07, 6.45) is 0.800. The summed E-state index contributed by atoms with van der Waals surface area (Å²) in [6.45, 7) is 1.44. The van der Waals surface area contributed by atoms with Crippen LogP contribution in [0.2, 0.25) is 0 Å². The Morgan fingerprint density at radius 3 is 3.00 bits per heavy atom. The number of amides is 2. The summed E-state index contributed by atoms with van der Waals surface area (Å²) in [4.78, 5) is 24.6. The number of rotatable bonds is 3. The van der Waals surface area contributed by atoms with E-state index in [0.29, 0.717) is 19.6 Å². The van der Waals surface area contributed by atoms with Gasteiger partial charge in [-0.2, -0.15) is 0 Å². The summed E-state index contributed by atoms with van der Waals surface area (Å²) in [5.41, 5.74) is -0.940. The molecule has 0 aromatic carbocycles. The highest BCUT2D eigenvalue weighted by Crippen LogP contribution is 2.19. The molecular formula is C11H18N2O4. The summed E-state index contributed by atoms with van der Waals surface area (Å²) in [7, 11) is 1.69. The quantitative estimate of drug-likeness (QED) is 0.647. The number of ether oxygens (including phenoxy) is 1. The minimum atomic E-state index is -0.940. The fourth-order valence-electron chi connectivity index (χ4n) is 2.17. The lowest BCUT2D eigenvalue weighted by Gasteiger charge is -2.21. The number of aliphatic hydroxyl groups is 1. The summed E-state index contributed by atoms with van der Waals surface area (Å²) < 4.78 is 5.09. The topological polar surface area (TPSA) is 78.9 Å². The maximum Gasteiger partial charge on any atom is 0.225 e. The van der Waals surface area contributed by atoms with Gasteiger partial charge in [0.25, 0.3) is 0 Å². The SMILES string of the molecule is CN1CC(C(=O)NCC2(O)CCOC2)CC1=O. The van der Waals surface area contributed by atoms with Crippen LogP contribution in [0.15, 0.2) is 0 Å². The molecule has 2 aliphatic heterocycles. The first-order valence-electron chi connectivity index (χ1n) is 5.82. The number of likely N-dealkylation sites (tertiary alicyclic amines) is 1. The second kappa shape index (κ2) is 4.62. The van der Waals surface area contributed by atoms with E-state index >= 15 is 0 Å². The van der Waals surface area contributed by atoms with Gasteiger partial charge in [-0.25, -0.2) is 0 Å². The Balaban J connectivity index is 1.80. The summed E-state index contributed by atoms with van der Waals surface area (Å²) in [5.74, 6) is -0.463. The van der Waals surface area contributed by atoms with Crippen LogP contribution in [-0.4, -0.2) is 60.8 Å². The first-order valence-corrected chi connectivity index (χ1v) is 5.82. The Hall–Kier alpha value is -1.14. The number of hydrogen-bond acceptors (Lipinski definition) is 4. The van der Waals surface area contributed by atoms with Crippen LogP contribution in [0.25, 0.3) is 0 Å². The van der Waals surface area contributed by atoms with Crippen molar-refractivity contribution in [3.63, 3.8) is 0 Å². The molecule has 2 fully saturated rings. The van der Waals surface area contributed by atoms with E-state index in [1.165, 1.54) is 0 Å². The molecule has 2 rings (SSSR count). The number of hydrogen-bond donors (Lipinski definition) is 2. The molecule has 0 spiro atoms. The van der Waals surface area contributed by atoms with Crippen LogP contribution in [0.3, 0.4) is 0 Å². The fraction of sp³-hybridized carbons (Fsp3) is 0.818. The van der Waals surface area contributed by atoms with Gasteiger partial charge in [0.2, 0.25) is 11.8 Å². The molecule has 17 heavy (non-hydrogen) atoms. The average Bonchev–Trinajstić information content (AvgIpc) is 2.85. The fourth-order valence-corrected chi connectivity index (χ4v) is 2.17.